The fourth-order valence-electron chi connectivity index (χ4n) is 1.99. The fourth-order valence-corrected chi connectivity index (χ4v) is 4.97. The smallest absolute Gasteiger partial charge is 0.325 e. The van der Waals surface area contributed by atoms with Crippen molar-refractivity contribution in [3.63, 3.8) is 0 Å². The van der Waals surface area contributed by atoms with Gasteiger partial charge in [-0.3, -0.25) is 4.79 Å². The molecule has 20 heavy (non-hydrogen) atoms. The van der Waals surface area contributed by atoms with Crippen LogP contribution in [0.4, 0.5) is 4.39 Å². The van der Waals surface area contributed by atoms with Gasteiger partial charge in [0.1, 0.15) is 11.4 Å². The molecule has 1 saturated heterocycles. The molecule has 0 aliphatic carbocycles. The Hall–Kier alpha value is -1.12. The molecule has 2 N–H and O–H groups in total. The van der Waals surface area contributed by atoms with Crippen molar-refractivity contribution in [1.82, 2.24) is 4.72 Å². The number of rotatable bonds is 5. The minimum Gasteiger partial charge on any atom is -0.480 e. The van der Waals surface area contributed by atoms with Gasteiger partial charge in [0.05, 0.1) is 5.75 Å². The maximum atomic E-state index is 12.8. The van der Waals surface area contributed by atoms with Crippen LogP contribution in [0.5, 0.6) is 0 Å². The largest absolute Gasteiger partial charge is 0.480 e. The second kappa shape index (κ2) is 5.71. The van der Waals surface area contributed by atoms with Crippen LogP contribution in [0.25, 0.3) is 0 Å². The zero-order chi connectivity index (χ0) is 14.8. The van der Waals surface area contributed by atoms with E-state index < -0.39 is 27.3 Å². The lowest BCUT2D eigenvalue weighted by atomic mass is 10.0. The standard InChI is InChI=1S/C12H14FNO4S2/c13-10-3-1-9(2-4-10)7-20(17,18)14-12(11(15)16)5-6-19-8-12/h1-4,14H,5-8H2,(H,15,16). The first-order valence-electron chi connectivity index (χ1n) is 5.90. The van der Waals surface area contributed by atoms with Crippen LogP contribution in [0, 0.1) is 5.82 Å². The van der Waals surface area contributed by atoms with E-state index in [0.717, 1.165) is 0 Å². The third kappa shape index (κ3) is 3.50. The highest BCUT2D eigenvalue weighted by atomic mass is 32.2. The number of hydrogen-bond acceptors (Lipinski definition) is 4. The van der Waals surface area contributed by atoms with E-state index in [1.54, 1.807) is 0 Å². The molecule has 0 amide bonds. The molecule has 1 heterocycles. The maximum Gasteiger partial charge on any atom is 0.325 e. The van der Waals surface area contributed by atoms with Crippen molar-refractivity contribution in [2.75, 3.05) is 11.5 Å². The number of carboxylic acid groups (broad SMARTS) is 1. The molecule has 5 nitrogen and oxygen atoms in total. The number of carboxylic acids is 1. The number of nitrogens with one attached hydrogen (secondary N) is 1. The summed E-state index contributed by atoms with van der Waals surface area (Å²) in [6.45, 7) is 0. The van der Waals surface area contributed by atoms with Gasteiger partial charge in [0.25, 0.3) is 0 Å². The number of hydrogen-bond donors (Lipinski definition) is 2. The molecule has 110 valence electrons. The van der Waals surface area contributed by atoms with E-state index in [-0.39, 0.29) is 17.9 Å². The van der Waals surface area contributed by atoms with Crippen molar-refractivity contribution >= 4 is 27.8 Å². The van der Waals surface area contributed by atoms with Crippen LogP contribution in [-0.4, -0.2) is 36.5 Å². The molecule has 1 aromatic carbocycles. The molecule has 1 fully saturated rings. The Morgan fingerprint density at radius 2 is 2.05 bits per heavy atom. The molecule has 1 aromatic rings. The predicted octanol–water partition coefficient (Wildman–Crippen LogP) is 1.21. The Balaban J connectivity index is 2.14. The van der Waals surface area contributed by atoms with Crippen LogP contribution in [-0.2, 0) is 20.6 Å². The fraction of sp³-hybridized carbons (Fsp3) is 0.417. The summed E-state index contributed by atoms with van der Waals surface area (Å²) in [6.07, 6.45) is 0.260. The second-order valence-corrected chi connectivity index (χ2v) is 7.50. The number of halogens is 1. The van der Waals surface area contributed by atoms with E-state index in [9.17, 15) is 22.7 Å². The van der Waals surface area contributed by atoms with Crippen molar-refractivity contribution in [2.24, 2.45) is 0 Å². The summed E-state index contributed by atoms with van der Waals surface area (Å²) in [4.78, 5) is 11.3. The number of carbonyl (C=O) groups is 1. The van der Waals surface area contributed by atoms with Gasteiger partial charge in [-0.2, -0.15) is 16.5 Å². The Labute approximate surface area is 120 Å². The van der Waals surface area contributed by atoms with Gasteiger partial charge < -0.3 is 5.11 Å². The van der Waals surface area contributed by atoms with Crippen LogP contribution in [0.1, 0.15) is 12.0 Å². The van der Waals surface area contributed by atoms with Gasteiger partial charge in [-0.1, -0.05) is 12.1 Å². The van der Waals surface area contributed by atoms with E-state index in [0.29, 0.717) is 11.3 Å². The Morgan fingerprint density at radius 3 is 2.55 bits per heavy atom. The molecule has 0 bridgehead atoms. The summed E-state index contributed by atoms with van der Waals surface area (Å²) < 4.78 is 39.2. The van der Waals surface area contributed by atoms with Crippen molar-refractivity contribution in [3.05, 3.63) is 35.6 Å². The van der Waals surface area contributed by atoms with Crippen LogP contribution in [0.2, 0.25) is 0 Å². The van der Waals surface area contributed by atoms with Crippen molar-refractivity contribution in [3.8, 4) is 0 Å². The van der Waals surface area contributed by atoms with Crippen LogP contribution >= 0.6 is 11.8 Å². The average Bonchev–Trinajstić information content (AvgIpc) is 2.81. The minimum absolute atomic E-state index is 0.213. The Kier molecular flexibility index (Phi) is 4.36. The third-order valence-corrected chi connectivity index (χ3v) is 5.66. The molecule has 0 spiro atoms. The Morgan fingerprint density at radius 1 is 1.40 bits per heavy atom. The van der Waals surface area contributed by atoms with Gasteiger partial charge in [-0.15, -0.1) is 0 Å². The van der Waals surface area contributed by atoms with Gasteiger partial charge in [-0.25, -0.2) is 12.8 Å². The average molecular weight is 319 g/mol. The Bertz CT molecular complexity index is 594. The third-order valence-electron chi connectivity index (χ3n) is 3.05. The van der Waals surface area contributed by atoms with Crippen molar-refractivity contribution in [2.45, 2.75) is 17.7 Å². The summed E-state index contributed by atoms with van der Waals surface area (Å²) >= 11 is 1.40. The van der Waals surface area contributed by atoms with E-state index in [1.807, 2.05) is 0 Å². The first-order valence-corrected chi connectivity index (χ1v) is 8.71. The highest BCUT2D eigenvalue weighted by Crippen LogP contribution is 2.29. The molecule has 1 atom stereocenters. The van der Waals surface area contributed by atoms with Crippen LogP contribution < -0.4 is 4.72 Å². The van der Waals surface area contributed by atoms with Crippen molar-refractivity contribution < 1.29 is 22.7 Å². The lowest BCUT2D eigenvalue weighted by molar-refractivity contribution is -0.142. The molecule has 0 radical (unpaired) electrons. The molecule has 1 aliphatic heterocycles. The highest BCUT2D eigenvalue weighted by molar-refractivity contribution is 7.99. The number of thioether (sulfide) groups is 1. The summed E-state index contributed by atoms with van der Waals surface area (Å²) in [6, 6.07) is 5.07. The van der Waals surface area contributed by atoms with Gasteiger partial charge in [0.2, 0.25) is 10.0 Å². The first-order chi connectivity index (χ1) is 9.33. The zero-order valence-corrected chi connectivity index (χ0v) is 12.1. The van der Waals surface area contributed by atoms with E-state index in [1.165, 1.54) is 36.0 Å². The van der Waals surface area contributed by atoms with E-state index in [4.69, 9.17) is 0 Å². The molecule has 0 saturated carbocycles. The summed E-state index contributed by atoms with van der Waals surface area (Å²) in [5.41, 5.74) is -1.02. The monoisotopic (exact) mass is 319 g/mol. The molecule has 1 aliphatic rings. The van der Waals surface area contributed by atoms with E-state index >= 15 is 0 Å². The molecule has 2 rings (SSSR count). The molecular formula is C12H14FNO4S2. The molecular weight excluding hydrogens is 305 g/mol. The van der Waals surface area contributed by atoms with Crippen molar-refractivity contribution in [1.29, 1.82) is 0 Å². The van der Waals surface area contributed by atoms with Crippen LogP contribution in [0.15, 0.2) is 24.3 Å². The topological polar surface area (TPSA) is 83.5 Å². The summed E-state index contributed by atoms with van der Waals surface area (Å²) in [5.74, 6) is -1.16. The van der Waals surface area contributed by atoms with Crippen LogP contribution in [0.3, 0.4) is 0 Å². The van der Waals surface area contributed by atoms with Gasteiger partial charge in [0, 0.05) is 5.75 Å². The zero-order valence-electron chi connectivity index (χ0n) is 10.5. The van der Waals surface area contributed by atoms with Gasteiger partial charge in [0.15, 0.2) is 0 Å². The normalized spacial score (nSPS) is 22.9. The predicted molar refractivity (Wildman–Crippen MR) is 74.5 cm³/mol. The number of benzene rings is 1. The lowest BCUT2D eigenvalue weighted by Gasteiger charge is -2.24. The lowest BCUT2D eigenvalue weighted by Crippen LogP contribution is -2.54. The second-order valence-electron chi connectivity index (χ2n) is 4.68. The van der Waals surface area contributed by atoms with E-state index in [2.05, 4.69) is 4.72 Å². The quantitative estimate of drug-likeness (QED) is 0.852. The van der Waals surface area contributed by atoms with Gasteiger partial charge >= 0.3 is 5.97 Å². The highest BCUT2D eigenvalue weighted by Gasteiger charge is 2.44. The number of sulfonamides is 1. The summed E-state index contributed by atoms with van der Waals surface area (Å²) in [7, 11) is -3.80. The molecule has 1 unspecified atom stereocenters. The maximum absolute atomic E-state index is 12.8. The minimum atomic E-state index is -3.80. The number of aliphatic carboxylic acids is 1. The summed E-state index contributed by atoms with van der Waals surface area (Å²) in [5, 5.41) is 9.24. The van der Waals surface area contributed by atoms with Gasteiger partial charge in [-0.05, 0) is 29.9 Å². The molecule has 8 heteroatoms. The molecule has 0 aromatic heterocycles. The first kappa shape index (κ1) is 15.3. The SMILES string of the molecule is O=C(O)C1(NS(=O)(=O)Cc2ccc(F)cc2)CCSC1.